The van der Waals surface area contributed by atoms with Crippen LogP contribution in [0.25, 0.3) is 0 Å². The van der Waals surface area contributed by atoms with Crippen molar-refractivity contribution in [2.75, 3.05) is 53.6 Å². The largest absolute Gasteiger partial charge is 0.379 e. The number of hydrogen-bond donors (Lipinski definition) is 1. The molecule has 0 amide bonds. The van der Waals surface area contributed by atoms with Crippen molar-refractivity contribution in [3.63, 3.8) is 0 Å². The van der Waals surface area contributed by atoms with Gasteiger partial charge in [-0.1, -0.05) is 11.6 Å². The van der Waals surface area contributed by atoms with E-state index < -0.39 is 0 Å². The molecule has 1 aliphatic carbocycles. The minimum atomic E-state index is 0.766. The smallest absolute Gasteiger partial charge is 0.193 e. The second-order valence-corrected chi connectivity index (χ2v) is 5.85. The summed E-state index contributed by atoms with van der Waals surface area (Å²) in [5.74, 6) is 1.78. The van der Waals surface area contributed by atoms with E-state index in [4.69, 9.17) is 9.47 Å². The lowest BCUT2D eigenvalue weighted by atomic mass is 10.1. The average molecular weight is 295 g/mol. The number of hydrogen-bond acceptors (Lipinski definition) is 3. The first kappa shape index (κ1) is 16.3. The summed E-state index contributed by atoms with van der Waals surface area (Å²) in [6, 6.07) is 0. The number of rotatable bonds is 8. The maximum Gasteiger partial charge on any atom is 0.193 e. The summed E-state index contributed by atoms with van der Waals surface area (Å²) in [5.41, 5.74) is 1.49. The molecule has 1 aliphatic heterocycles. The lowest BCUT2D eigenvalue weighted by molar-refractivity contribution is 0.115. The molecule has 5 heteroatoms. The zero-order valence-electron chi connectivity index (χ0n) is 13.4. The van der Waals surface area contributed by atoms with E-state index in [1.54, 1.807) is 0 Å². The lowest BCUT2D eigenvalue weighted by Gasteiger charge is -2.22. The Bertz CT molecular complexity index is 365. The summed E-state index contributed by atoms with van der Waals surface area (Å²) in [6.07, 6.45) is 7.02. The highest BCUT2D eigenvalue weighted by atomic mass is 16.5. The molecule has 0 atom stereocenters. The fraction of sp³-hybridized carbons (Fsp3) is 0.812. The van der Waals surface area contributed by atoms with Crippen LogP contribution in [0.2, 0.25) is 0 Å². The van der Waals surface area contributed by atoms with Gasteiger partial charge in [-0.15, -0.1) is 0 Å². The Morgan fingerprint density at radius 1 is 1.52 bits per heavy atom. The van der Waals surface area contributed by atoms with Crippen molar-refractivity contribution in [3.05, 3.63) is 11.6 Å². The predicted octanol–water partition coefficient (Wildman–Crippen LogP) is 1.66. The van der Waals surface area contributed by atoms with Gasteiger partial charge >= 0.3 is 0 Å². The van der Waals surface area contributed by atoms with E-state index in [1.807, 2.05) is 7.05 Å². The molecule has 1 N–H and O–H groups in total. The van der Waals surface area contributed by atoms with Gasteiger partial charge in [-0.05, 0) is 31.6 Å². The first-order chi connectivity index (χ1) is 10.3. The molecule has 120 valence electrons. The zero-order valence-corrected chi connectivity index (χ0v) is 13.4. The van der Waals surface area contributed by atoms with E-state index in [1.165, 1.54) is 18.4 Å². The Labute approximate surface area is 128 Å². The molecule has 0 aromatic carbocycles. The van der Waals surface area contributed by atoms with Crippen LogP contribution in [0.3, 0.4) is 0 Å². The summed E-state index contributed by atoms with van der Waals surface area (Å²) in [6.45, 7) is 5.13. The van der Waals surface area contributed by atoms with Gasteiger partial charge in [0, 0.05) is 33.8 Å². The van der Waals surface area contributed by atoms with Crippen LogP contribution in [0, 0.1) is 5.92 Å². The highest BCUT2D eigenvalue weighted by Gasteiger charge is 2.21. The molecule has 0 radical (unpaired) electrons. The number of nitrogens with zero attached hydrogens (tertiary/aromatic N) is 2. The Balaban J connectivity index is 1.58. The van der Waals surface area contributed by atoms with Gasteiger partial charge in [0.2, 0.25) is 0 Å². The Morgan fingerprint density at radius 3 is 3.05 bits per heavy atom. The van der Waals surface area contributed by atoms with Gasteiger partial charge in [0.25, 0.3) is 0 Å². The number of nitrogens with one attached hydrogen (secondary N) is 1. The van der Waals surface area contributed by atoms with Crippen molar-refractivity contribution >= 4 is 5.96 Å². The van der Waals surface area contributed by atoms with Crippen LogP contribution in [-0.4, -0.2) is 64.5 Å². The molecule has 5 nitrogen and oxygen atoms in total. The molecular weight excluding hydrogens is 266 g/mol. The summed E-state index contributed by atoms with van der Waals surface area (Å²) in [7, 11) is 3.89. The van der Waals surface area contributed by atoms with Crippen molar-refractivity contribution in [1.82, 2.24) is 10.2 Å². The molecule has 0 unspecified atom stereocenters. The molecule has 2 aliphatic rings. The van der Waals surface area contributed by atoms with E-state index in [-0.39, 0.29) is 0 Å². The topological polar surface area (TPSA) is 46.1 Å². The number of likely N-dealkylation sites (N-methyl/N-ethyl adjacent to an activating group) is 1. The molecule has 0 aromatic rings. The number of aliphatic imine (C=N–C) groups is 1. The maximum absolute atomic E-state index is 5.68. The third-order valence-corrected chi connectivity index (χ3v) is 3.98. The van der Waals surface area contributed by atoms with Gasteiger partial charge < -0.3 is 19.7 Å². The summed E-state index contributed by atoms with van der Waals surface area (Å²) < 4.78 is 11.0. The van der Waals surface area contributed by atoms with Crippen LogP contribution in [0.4, 0.5) is 0 Å². The van der Waals surface area contributed by atoms with Crippen molar-refractivity contribution in [3.8, 4) is 0 Å². The standard InChI is InChI=1S/C16H29N3O2/c1-17-16(18-8-5-14-6-10-20-11-7-14)19(2)9-12-21-13-15-3-4-15/h6,15H,3-5,7-13H2,1-2H3,(H,17,18). The molecule has 0 saturated heterocycles. The molecule has 1 saturated carbocycles. The van der Waals surface area contributed by atoms with Gasteiger partial charge in [-0.25, -0.2) is 0 Å². The van der Waals surface area contributed by atoms with Crippen LogP contribution < -0.4 is 5.32 Å². The van der Waals surface area contributed by atoms with E-state index in [2.05, 4.69) is 28.3 Å². The minimum Gasteiger partial charge on any atom is -0.379 e. The van der Waals surface area contributed by atoms with Gasteiger partial charge in [-0.3, -0.25) is 4.99 Å². The fourth-order valence-corrected chi connectivity index (χ4v) is 2.35. The summed E-state index contributed by atoms with van der Waals surface area (Å²) >= 11 is 0. The molecule has 0 aromatic heterocycles. The Kier molecular flexibility index (Phi) is 7.03. The monoisotopic (exact) mass is 295 g/mol. The normalized spacial score (nSPS) is 19.3. The molecule has 1 fully saturated rings. The summed E-state index contributed by atoms with van der Waals surface area (Å²) in [4.78, 5) is 6.46. The van der Waals surface area contributed by atoms with Crippen molar-refractivity contribution in [1.29, 1.82) is 0 Å². The van der Waals surface area contributed by atoms with Crippen LogP contribution in [0.1, 0.15) is 25.7 Å². The number of ether oxygens (including phenoxy) is 2. The first-order valence-corrected chi connectivity index (χ1v) is 8.04. The molecular formula is C16H29N3O2. The van der Waals surface area contributed by atoms with E-state index in [0.717, 1.165) is 64.2 Å². The molecule has 2 rings (SSSR count). The average Bonchev–Trinajstić information content (AvgIpc) is 3.33. The fourth-order valence-electron chi connectivity index (χ4n) is 2.35. The zero-order chi connectivity index (χ0) is 14.9. The lowest BCUT2D eigenvalue weighted by Crippen LogP contribution is -2.41. The molecule has 1 heterocycles. The predicted molar refractivity (Wildman–Crippen MR) is 85.7 cm³/mol. The van der Waals surface area contributed by atoms with E-state index >= 15 is 0 Å². The second-order valence-electron chi connectivity index (χ2n) is 5.85. The number of guanidine groups is 1. The third kappa shape index (κ3) is 6.48. The quantitative estimate of drug-likeness (QED) is 0.320. The van der Waals surface area contributed by atoms with E-state index in [9.17, 15) is 0 Å². The maximum atomic E-state index is 5.68. The highest BCUT2D eigenvalue weighted by molar-refractivity contribution is 5.79. The van der Waals surface area contributed by atoms with Crippen molar-refractivity contribution < 1.29 is 9.47 Å². The van der Waals surface area contributed by atoms with Crippen LogP contribution in [-0.2, 0) is 9.47 Å². The minimum absolute atomic E-state index is 0.766. The third-order valence-electron chi connectivity index (χ3n) is 3.98. The Morgan fingerprint density at radius 2 is 2.38 bits per heavy atom. The van der Waals surface area contributed by atoms with Gasteiger partial charge in [0.1, 0.15) is 0 Å². The molecule has 21 heavy (non-hydrogen) atoms. The SMILES string of the molecule is CN=C(NCCC1=CCOCC1)N(C)CCOCC1CC1. The highest BCUT2D eigenvalue weighted by Crippen LogP contribution is 2.28. The molecule has 0 spiro atoms. The van der Waals surface area contributed by atoms with Gasteiger partial charge in [-0.2, -0.15) is 0 Å². The van der Waals surface area contributed by atoms with Crippen LogP contribution in [0.5, 0.6) is 0 Å². The Hall–Kier alpha value is -1.07. The van der Waals surface area contributed by atoms with Crippen LogP contribution >= 0.6 is 0 Å². The van der Waals surface area contributed by atoms with Gasteiger partial charge in [0.05, 0.1) is 19.8 Å². The first-order valence-electron chi connectivity index (χ1n) is 8.04. The van der Waals surface area contributed by atoms with Crippen molar-refractivity contribution in [2.24, 2.45) is 10.9 Å². The van der Waals surface area contributed by atoms with Crippen LogP contribution in [0.15, 0.2) is 16.6 Å². The van der Waals surface area contributed by atoms with Gasteiger partial charge in [0.15, 0.2) is 5.96 Å². The van der Waals surface area contributed by atoms with E-state index in [0.29, 0.717) is 0 Å². The second kappa shape index (κ2) is 9.05. The molecule has 0 bridgehead atoms. The van der Waals surface area contributed by atoms with Crippen molar-refractivity contribution in [2.45, 2.75) is 25.7 Å². The summed E-state index contributed by atoms with van der Waals surface area (Å²) in [5, 5.41) is 3.42.